The van der Waals surface area contributed by atoms with Gasteiger partial charge in [0.1, 0.15) is 0 Å². The van der Waals surface area contributed by atoms with E-state index in [0.717, 1.165) is 57.2 Å². The lowest BCUT2D eigenvalue weighted by Gasteiger charge is -2.34. The molecule has 0 atom stereocenters. The number of halogens is 1. The standard InChI is InChI=1S/C21H31N5O2.HI/c1-22-21(25-11-8-19(9-12-25)28-15-5-14-27-2)24-16-18-6-3-4-7-20(18)26-13-10-23-17-26;/h3-4,6-7,10,13,17,19H,5,8-9,11-12,14-16H2,1-2H3,(H,22,24);1H. The fourth-order valence-corrected chi connectivity index (χ4v) is 3.51. The Balaban J connectivity index is 0.00000300. The number of imidazole rings is 1. The largest absolute Gasteiger partial charge is 0.385 e. The molecular formula is C21H32IN5O2. The molecule has 0 amide bonds. The summed E-state index contributed by atoms with van der Waals surface area (Å²) in [6, 6.07) is 8.35. The zero-order valence-electron chi connectivity index (χ0n) is 17.3. The maximum absolute atomic E-state index is 5.96. The summed E-state index contributed by atoms with van der Waals surface area (Å²) in [5, 5.41) is 3.52. The molecule has 0 radical (unpaired) electrons. The average Bonchev–Trinajstić information content (AvgIpc) is 3.28. The third-order valence-electron chi connectivity index (χ3n) is 5.01. The molecule has 0 aliphatic carbocycles. The molecule has 0 unspecified atom stereocenters. The summed E-state index contributed by atoms with van der Waals surface area (Å²) in [6.07, 6.45) is 8.93. The first-order valence-electron chi connectivity index (χ1n) is 9.94. The summed E-state index contributed by atoms with van der Waals surface area (Å²) in [6.45, 7) is 4.16. The molecule has 1 fully saturated rings. The number of piperidine rings is 1. The van der Waals surface area contributed by atoms with Gasteiger partial charge in [-0.3, -0.25) is 4.99 Å². The minimum Gasteiger partial charge on any atom is -0.385 e. The lowest BCUT2D eigenvalue weighted by molar-refractivity contribution is 0.00990. The van der Waals surface area contributed by atoms with Gasteiger partial charge in [0.25, 0.3) is 0 Å². The van der Waals surface area contributed by atoms with Crippen molar-refractivity contribution in [1.82, 2.24) is 19.8 Å². The van der Waals surface area contributed by atoms with Crippen LogP contribution in [0.4, 0.5) is 0 Å². The van der Waals surface area contributed by atoms with E-state index in [4.69, 9.17) is 9.47 Å². The van der Waals surface area contributed by atoms with Crippen LogP contribution in [0.1, 0.15) is 24.8 Å². The van der Waals surface area contributed by atoms with Crippen molar-refractivity contribution >= 4 is 29.9 Å². The third-order valence-corrected chi connectivity index (χ3v) is 5.01. The molecule has 29 heavy (non-hydrogen) atoms. The lowest BCUT2D eigenvalue weighted by Crippen LogP contribution is -2.46. The third kappa shape index (κ3) is 6.97. The Kier molecular flexibility index (Phi) is 10.4. The van der Waals surface area contributed by atoms with Crippen molar-refractivity contribution in [2.75, 3.05) is 40.5 Å². The maximum atomic E-state index is 5.96. The van der Waals surface area contributed by atoms with Crippen molar-refractivity contribution in [2.45, 2.75) is 31.9 Å². The van der Waals surface area contributed by atoms with Crippen molar-refractivity contribution in [1.29, 1.82) is 0 Å². The molecule has 160 valence electrons. The van der Waals surface area contributed by atoms with Crippen LogP contribution in [0.5, 0.6) is 0 Å². The van der Waals surface area contributed by atoms with Gasteiger partial charge in [-0.25, -0.2) is 4.98 Å². The lowest BCUT2D eigenvalue weighted by atomic mass is 10.1. The number of guanidine groups is 1. The van der Waals surface area contributed by atoms with E-state index >= 15 is 0 Å². The number of nitrogens with zero attached hydrogens (tertiary/aromatic N) is 4. The number of hydrogen-bond acceptors (Lipinski definition) is 4. The fraction of sp³-hybridized carbons (Fsp3) is 0.524. The van der Waals surface area contributed by atoms with Gasteiger partial charge in [-0.1, -0.05) is 18.2 Å². The van der Waals surface area contributed by atoms with Crippen molar-refractivity contribution < 1.29 is 9.47 Å². The molecule has 0 spiro atoms. The van der Waals surface area contributed by atoms with Crippen LogP contribution in [0.3, 0.4) is 0 Å². The first kappa shape index (κ1) is 23.6. The number of likely N-dealkylation sites (tertiary alicyclic amines) is 1. The second-order valence-corrected chi connectivity index (χ2v) is 6.90. The van der Waals surface area contributed by atoms with E-state index in [9.17, 15) is 0 Å². The summed E-state index contributed by atoms with van der Waals surface area (Å²) in [5.74, 6) is 0.943. The topological polar surface area (TPSA) is 63.9 Å². The summed E-state index contributed by atoms with van der Waals surface area (Å²) >= 11 is 0. The monoisotopic (exact) mass is 513 g/mol. The quantitative estimate of drug-likeness (QED) is 0.255. The first-order valence-corrected chi connectivity index (χ1v) is 9.94. The van der Waals surface area contributed by atoms with Gasteiger partial charge in [0.05, 0.1) is 18.1 Å². The van der Waals surface area contributed by atoms with Crippen LogP contribution in [0, 0.1) is 0 Å². The van der Waals surface area contributed by atoms with Gasteiger partial charge in [-0.05, 0) is 30.9 Å². The van der Waals surface area contributed by atoms with Crippen LogP contribution in [-0.4, -0.2) is 67.0 Å². The highest BCUT2D eigenvalue weighted by atomic mass is 127. The van der Waals surface area contributed by atoms with E-state index in [1.54, 1.807) is 13.3 Å². The molecule has 2 aromatic rings. The number of nitrogens with one attached hydrogen (secondary N) is 1. The highest BCUT2D eigenvalue weighted by Crippen LogP contribution is 2.16. The molecule has 7 nitrogen and oxygen atoms in total. The number of benzene rings is 1. The smallest absolute Gasteiger partial charge is 0.193 e. The maximum Gasteiger partial charge on any atom is 0.193 e. The number of aromatic nitrogens is 2. The van der Waals surface area contributed by atoms with Gasteiger partial charge in [0.2, 0.25) is 0 Å². The Hall–Kier alpha value is -1.65. The van der Waals surface area contributed by atoms with E-state index < -0.39 is 0 Å². The van der Waals surface area contributed by atoms with E-state index in [1.807, 2.05) is 30.2 Å². The molecule has 0 saturated carbocycles. The van der Waals surface area contributed by atoms with Crippen LogP contribution in [-0.2, 0) is 16.0 Å². The van der Waals surface area contributed by atoms with Gasteiger partial charge in [0, 0.05) is 59.4 Å². The van der Waals surface area contributed by atoms with Gasteiger partial charge in [-0.15, -0.1) is 24.0 Å². The Morgan fingerprint density at radius 2 is 2.03 bits per heavy atom. The van der Waals surface area contributed by atoms with Gasteiger partial charge in [0.15, 0.2) is 5.96 Å². The second-order valence-electron chi connectivity index (χ2n) is 6.90. The molecular weight excluding hydrogens is 481 g/mol. The van der Waals surface area contributed by atoms with Crippen molar-refractivity contribution in [3.63, 3.8) is 0 Å². The van der Waals surface area contributed by atoms with Gasteiger partial charge < -0.3 is 24.3 Å². The number of ether oxygens (including phenoxy) is 2. The molecule has 1 aromatic carbocycles. The highest BCUT2D eigenvalue weighted by molar-refractivity contribution is 14.0. The Labute approximate surface area is 190 Å². The fourth-order valence-electron chi connectivity index (χ4n) is 3.51. The number of methoxy groups -OCH3 is 1. The zero-order valence-corrected chi connectivity index (χ0v) is 19.6. The summed E-state index contributed by atoms with van der Waals surface area (Å²) in [5.41, 5.74) is 2.34. The predicted octanol–water partition coefficient (Wildman–Crippen LogP) is 3.08. The molecule has 0 bridgehead atoms. The van der Waals surface area contributed by atoms with Crippen LogP contribution in [0.15, 0.2) is 48.0 Å². The molecule has 2 heterocycles. The summed E-state index contributed by atoms with van der Waals surface area (Å²) in [4.78, 5) is 11.0. The van der Waals surface area contributed by atoms with E-state index in [0.29, 0.717) is 12.6 Å². The van der Waals surface area contributed by atoms with Crippen LogP contribution in [0.2, 0.25) is 0 Å². The number of aliphatic imine (C=N–C) groups is 1. The van der Waals surface area contributed by atoms with E-state index in [2.05, 4.69) is 38.4 Å². The van der Waals surface area contributed by atoms with Crippen molar-refractivity contribution in [3.8, 4) is 5.69 Å². The van der Waals surface area contributed by atoms with Crippen molar-refractivity contribution in [3.05, 3.63) is 48.5 Å². The molecule has 8 heteroatoms. The van der Waals surface area contributed by atoms with E-state index in [-0.39, 0.29) is 24.0 Å². The van der Waals surface area contributed by atoms with Crippen LogP contribution in [0.25, 0.3) is 5.69 Å². The Morgan fingerprint density at radius 1 is 1.24 bits per heavy atom. The molecule has 1 saturated heterocycles. The van der Waals surface area contributed by atoms with Crippen LogP contribution >= 0.6 is 24.0 Å². The molecule has 1 aromatic heterocycles. The number of rotatable bonds is 8. The molecule has 1 aliphatic heterocycles. The minimum absolute atomic E-state index is 0. The molecule has 3 rings (SSSR count). The number of hydrogen-bond donors (Lipinski definition) is 1. The summed E-state index contributed by atoms with van der Waals surface area (Å²) < 4.78 is 13.1. The molecule has 1 N–H and O–H groups in total. The van der Waals surface area contributed by atoms with Gasteiger partial charge >= 0.3 is 0 Å². The van der Waals surface area contributed by atoms with E-state index in [1.165, 1.54) is 5.56 Å². The minimum atomic E-state index is 0. The first-order chi connectivity index (χ1) is 13.8. The summed E-state index contributed by atoms with van der Waals surface area (Å²) in [7, 11) is 3.57. The Bertz CT molecular complexity index is 730. The predicted molar refractivity (Wildman–Crippen MR) is 126 cm³/mol. The number of para-hydroxylation sites is 1. The highest BCUT2D eigenvalue weighted by Gasteiger charge is 2.22. The normalized spacial score (nSPS) is 15.2. The Morgan fingerprint density at radius 3 is 2.72 bits per heavy atom. The SMILES string of the molecule is CN=C(NCc1ccccc1-n1ccnc1)N1CCC(OCCCOC)CC1.I. The van der Waals surface area contributed by atoms with Crippen molar-refractivity contribution in [2.24, 2.45) is 4.99 Å². The molecule has 1 aliphatic rings. The second kappa shape index (κ2) is 12.8. The van der Waals surface area contributed by atoms with Gasteiger partial charge in [-0.2, -0.15) is 0 Å². The average molecular weight is 513 g/mol. The van der Waals surface area contributed by atoms with Crippen LogP contribution < -0.4 is 5.32 Å². The zero-order chi connectivity index (χ0) is 19.6.